The van der Waals surface area contributed by atoms with Crippen molar-refractivity contribution in [1.29, 1.82) is 0 Å². The number of fused-ring (bicyclic) bond motifs is 1. The minimum Gasteiger partial charge on any atom is -0.399 e. The van der Waals surface area contributed by atoms with E-state index in [1.807, 2.05) is 18.2 Å². The second-order valence-electron chi connectivity index (χ2n) is 6.21. The van der Waals surface area contributed by atoms with E-state index in [9.17, 15) is 0 Å². The molecular formula is C19H20N4. The van der Waals surface area contributed by atoms with Crippen LogP contribution in [0.25, 0.3) is 11.3 Å². The third-order valence-electron chi connectivity index (χ3n) is 4.31. The molecule has 2 heterocycles. The second kappa shape index (κ2) is 5.56. The lowest BCUT2D eigenvalue weighted by molar-refractivity contribution is 0.346. The van der Waals surface area contributed by atoms with E-state index >= 15 is 0 Å². The number of nitrogen functional groups attached to an aromatic ring is 1. The Hall–Kier alpha value is -2.59. The predicted octanol–water partition coefficient (Wildman–Crippen LogP) is 3.13. The minimum atomic E-state index is 0.742. The van der Waals surface area contributed by atoms with Crippen molar-refractivity contribution in [3.8, 4) is 11.3 Å². The van der Waals surface area contributed by atoms with Gasteiger partial charge in [0, 0.05) is 29.9 Å². The summed E-state index contributed by atoms with van der Waals surface area (Å²) < 4.78 is 2.13. The average molecular weight is 304 g/mol. The molecule has 0 spiro atoms. The molecule has 0 amide bonds. The molecule has 2 aromatic carbocycles. The third-order valence-corrected chi connectivity index (χ3v) is 4.31. The van der Waals surface area contributed by atoms with E-state index in [1.165, 1.54) is 28.1 Å². The molecule has 0 saturated carbocycles. The number of nitrogens with two attached hydrogens (primary N) is 1. The quantitative estimate of drug-likeness (QED) is 0.756. The number of nitrogens with zero attached hydrogens (tertiary/aromatic N) is 3. The van der Waals surface area contributed by atoms with Gasteiger partial charge >= 0.3 is 0 Å². The van der Waals surface area contributed by atoms with Gasteiger partial charge in [-0.3, -0.25) is 9.58 Å². The van der Waals surface area contributed by atoms with Crippen LogP contribution in [-0.2, 0) is 19.6 Å². The van der Waals surface area contributed by atoms with Gasteiger partial charge in [0.05, 0.1) is 17.9 Å². The number of rotatable bonds is 3. The monoisotopic (exact) mass is 304 g/mol. The molecule has 0 radical (unpaired) electrons. The lowest BCUT2D eigenvalue weighted by Crippen LogP contribution is -2.12. The zero-order chi connectivity index (χ0) is 15.8. The fourth-order valence-corrected chi connectivity index (χ4v) is 3.32. The molecule has 2 N–H and O–H groups in total. The van der Waals surface area contributed by atoms with Gasteiger partial charge < -0.3 is 5.73 Å². The first-order valence-electron chi connectivity index (χ1n) is 7.87. The molecule has 0 fully saturated rings. The highest BCUT2D eigenvalue weighted by Gasteiger charge is 2.26. The Morgan fingerprint density at radius 3 is 2.65 bits per heavy atom. The number of aromatic nitrogens is 2. The van der Waals surface area contributed by atoms with Crippen LogP contribution in [0, 0.1) is 0 Å². The molecule has 0 atom stereocenters. The predicted molar refractivity (Wildman–Crippen MR) is 92.8 cm³/mol. The van der Waals surface area contributed by atoms with E-state index in [1.54, 1.807) is 0 Å². The summed E-state index contributed by atoms with van der Waals surface area (Å²) in [6.45, 7) is 2.61. The van der Waals surface area contributed by atoms with Crippen LogP contribution >= 0.6 is 0 Å². The number of hydrogen-bond acceptors (Lipinski definition) is 3. The van der Waals surface area contributed by atoms with Crippen molar-refractivity contribution in [2.45, 2.75) is 19.6 Å². The molecule has 0 bridgehead atoms. The van der Waals surface area contributed by atoms with Gasteiger partial charge in [-0.2, -0.15) is 5.10 Å². The van der Waals surface area contributed by atoms with Crippen LogP contribution in [0.5, 0.6) is 0 Å². The van der Waals surface area contributed by atoms with Gasteiger partial charge in [-0.1, -0.05) is 42.5 Å². The summed E-state index contributed by atoms with van der Waals surface area (Å²) in [4.78, 5) is 2.30. The van der Waals surface area contributed by atoms with E-state index in [2.05, 4.69) is 53.0 Å². The van der Waals surface area contributed by atoms with Crippen LogP contribution in [-0.4, -0.2) is 21.7 Å². The van der Waals surface area contributed by atoms with Crippen molar-refractivity contribution in [3.63, 3.8) is 0 Å². The van der Waals surface area contributed by atoms with Crippen LogP contribution in [0.15, 0.2) is 54.6 Å². The Bertz CT molecular complexity index is 836. The van der Waals surface area contributed by atoms with Gasteiger partial charge in [0.1, 0.15) is 0 Å². The average Bonchev–Trinajstić information content (AvgIpc) is 3.03. The maximum Gasteiger partial charge on any atom is 0.0816 e. The lowest BCUT2D eigenvalue weighted by atomic mass is 10.1. The fourth-order valence-electron chi connectivity index (χ4n) is 3.32. The summed E-state index contributed by atoms with van der Waals surface area (Å²) in [7, 11) is 2.14. The largest absolute Gasteiger partial charge is 0.399 e. The molecular weight excluding hydrogens is 284 g/mol. The zero-order valence-electron chi connectivity index (χ0n) is 13.2. The Kier molecular flexibility index (Phi) is 3.39. The van der Waals surface area contributed by atoms with Crippen LogP contribution in [0.3, 0.4) is 0 Å². The Balaban J connectivity index is 1.80. The minimum absolute atomic E-state index is 0.742. The molecule has 0 aliphatic carbocycles. The van der Waals surface area contributed by atoms with Crippen molar-refractivity contribution >= 4 is 5.69 Å². The van der Waals surface area contributed by atoms with E-state index in [-0.39, 0.29) is 0 Å². The van der Waals surface area contributed by atoms with E-state index in [0.29, 0.717) is 0 Å². The first-order chi connectivity index (χ1) is 11.2. The number of anilines is 1. The van der Waals surface area contributed by atoms with Crippen LogP contribution < -0.4 is 5.73 Å². The highest BCUT2D eigenvalue weighted by Crippen LogP contribution is 2.32. The molecule has 116 valence electrons. The van der Waals surface area contributed by atoms with Crippen molar-refractivity contribution in [2.75, 3.05) is 12.8 Å². The summed E-state index contributed by atoms with van der Waals surface area (Å²) in [6.07, 6.45) is 0. The molecule has 0 saturated heterocycles. The van der Waals surface area contributed by atoms with Crippen LogP contribution in [0.4, 0.5) is 5.69 Å². The normalized spacial score (nSPS) is 14.1. The molecule has 4 heteroatoms. The van der Waals surface area contributed by atoms with E-state index in [0.717, 1.165) is 25.3 Å². The van der Waals surface area contributed by atoms with Crippen molar-refractivity contribution in [3.05, 3.63) is 71.4 Å². The van der Waals surface area contributed by atoms with Gasteiger partial charge in [0.15, 0.2) is 0 Å². The molecule has 1 aliphatic rings. The highest BCUT2D eigenvalue weighted by molar-refractivity contribution is 5.65. The summed E-state index contributed by atoms with van der Waals surface area (Å²) in [5.41, 5.74) is 12.9. The maximum absolute atomic E-state index is 5.92. The molecule has 1 aliphatic heterocycles. The van der Waals surface area contributed by atoms with E-state index < -0.39 is 0 Å². The number of hydrogen-bond donors (Lipinski definition) is 1. The molecule has 1 aromatic heterocycles. The SMILES string of the molecule is CN1Cc2nn(Cc3cccc(N)c3)c(-c3ccccc3)c2C1. The molecule has 0 unspecified atom stereocenters. The number of benzene rings is 2. The second-order valence-corrected chi connectivity index (χ2v) is 6.21. The third kappa shape index (κ3) is 2.62. The van der Waals surface area contributed by atoms with Gasteiger partial charge in [-0.25, -0.2) is 0 Å². The molecule has 4 nitrogen and oxygen atoms in total. The van der Waals surface area contributed by atoms with Crippen molar-refractivity contribution < 1.29 is 0 Å². The van der Waals surface area contributed by atoms with Crippen LogP contribution in [0.2, 0.25) is 0 Å². The maximum atomic E-state index is 5.92. The summed E-state index contributed by atoms with van der Waals surface area (Å²) in [5.74, 6) is 0. The molecule has 4 rings (SSSR count). The molecule has 23 heavy (non-hydrogen) atoms. The van der Waals surface area contributed by atoms with Crippen LogP contribution in [0.1, 0.15) is 16.8 Å². The van der Waals surface area contributed by atoms with Crippen molar-refractivity contribution in [2.24, 2.45) is 0 Å². The summed E-state index contributed by atoms with van der Waals surface area (Å²) >= 11 is 0. The van der Waals surface area contributed by atoms with Gasteiger partial charge in [0.2, 0.25) is 0 Å². The Labute approximate surface area is 136 Å². The fraction of sp³-hybridized carbons (Fsp3) is 0.211. The van der Waals surface area contributed by atoms with Gasteiger partial charge in [-0.05, 0) is 24.7 Å². The first-order valence-corrected chi connectivity index (χ1v) is 7.87. The van der Waals surface area contributed by atoms with Crippen molar-refractivity contribution in [1.82, 2.24) is 14.7 Å². The Morgan fingerprint density at radius 1 is 1.04 bits per heavy atom. The topological polar surface area (TPSA) is 47.1 Å². The summed E-state index contributed by atoms with van der Waals surface area (Å²) in [6, 6.07) is 18.6. The smallest absolute Gasteiger partial charge is 0.0816 e. The van der Waals surface area contributed by atoms with Gasteiger partial charge in [0.25, 0.3) is 0 Å². The summed E-state index contributed by atoms with van der Waals surface area (Å²) in [5, 5.41) is 4.88. The Morgan fingerprint density at radius 2 is 1.87 bits per heavy atom. The zero-order valence-corrected chi connectivity index (χ0v) is 13.2. The first kappa shape index (κ1) is 14.0. The molecule has 3 aromatic rings. The highest BCUT2D eigenvalue weighted by atomic mass is 15.3. The lowest BCUT2D eigenvalue weighted by Gasteiger charge is -2.13. The van der Waals surface area contributed by atoms with Gasteiger partial charge in [-0.15, -0.1) is 0 Å². The van der Waals surface area contributed by atoms with E-state index in [4.69, 9.17) is 10.8 Å². The standard InChI is InChI=1S/C19H20N4/c1-22-12-17-18(13-22)21-23(11-14-6-5-9-16(20)10-14)19(17)15-7-3-2-4-8-15/h2-10H,11-13,20H2,1H3.